The molecule has 2 aromatic carbocycles. The highest BCUT2D eigenvalue weighted by Gasteiger charge is 2.16. The third-order valence-electron chi connectivity index (χ3n) is 3.05. The van der Waals surface area contributed by atoms with Gasteiger partial charge in [0.25, 0.3) is 5.91 Å². The van der Waals surface area contributed by atoms with Crippen LogP contribution in [0.5, 0.6) is 5.75 Å². The summed E-state index contributed by atoms with van der Waals surface area (Å²) in [6.45, 7) is 1.67. The van der Waals surface area contributed by atoms with E-state index in [1.165, 1.54) is 0 Å². The van der Waals surface area contributed by atoms with Crippen LogP contribution in [0.2, 0.25) is 0 Å². The lowest BCUT2D eigenvalue weighted by Gasteiger charge is -2.15. The molecule has 0 aliphatic rings. The van der Waals surface area contributed by atoms with E-state index in [4.69, 9.17) is 10.00 Å². The molecule has 0 spiro atoms. The zero-order valence-electron chi connectivity index (χ0n) is 12.4. The minimum Gasteiger partial charge on any atom is -0.481 e. The fraction of sp³-hybridized carbons (Fsp3) is 0.176. The number of ether oxygens (including phenoxy) is 1. The maximum absolute atomic E-state index is 12.2. The van der Waals surface area contributed by atoms with Crippen molar-refractivity contribution in [3.05, 3.63) is 54.1 Å². The molecule has 5 heteroatoms. The Morgan fingerprint density at radius 2 is 1.91 bits per heavy atom. The molecule has 0 unspecified atom stereocenters. The van der Waals surface area contributed by atoms with Gasteiger partial charge in [0, 0.05) is 4.90 Å². The lowest BCUT2D eigenvalue weighted by Crippen LogP contribution is -2.30. The highest BCUT2D eigenvalue weighted by Crippen LogP contribution is 2.20. The van der Waals surface area contributed by atoms with Crippen LogP contribution in [0.4, 0.5) is 5.69 Å². The molecule has 112 valence electrons. The topological polar surface area (TPSA) is 62.1 Å². The average Bonchev–Trinajstić information content (AvgIpc) is 2.56. The summed E-state index contributed by atoms with van der Waals surface area (Å²) in [5.74, 6) is 0.339. The minimum absolute atomic E-state index is 0.295. The van der Waals surface area contributed by atoms with Crippen molar-refractivity contribution in [2.24, 2.45) is 0 Å². The first-order chi connectivity index (χ1) is 10.6. The molecule has 1 atom stereocenters. The number of hydrogen-bond donors (Lipinski definition) is 1. The standard InChI is InChI=1S/C17H16N2O2S/c1-12(21-14-7-9-15(22-2)10-8-14)17(20)19-16-6-4-3-5-13(16)11-18/h3-10,12H,1-2H3,(H,19,20)/t12-/m0/s1. The van der Waals surface area contributed by atoms with Gasteiger partial charge < -0.3 is 10.1 Å². The smallest absolute Gasteiger partial charge is 0.265 e. The Labute approximate surface area is 134 Å². The number of nitriles is 1. The maximum atomic E-state index is 12.2. The molecule has 0 saturated heterocycles. The molecular weight excluding hydrogens is 296 g/mol. The van der Waals surface area contributed by atoms with Crippen LogP contribution in [-0.4, -0.2) is 18.3 Å². The monoisotopic (exact) mass is 312 g/mol. The minimum atomic E-state index is -0.660. The van der Waals surface area contributed by atoms with Crippen molar-refractivity contribution in [3.63, 3.8) is 0 Å². The molecule has 0 fully saturated rings. The summed E-state index contributed by atoms with van der Waals surface area (Å²) in [5.41, 5.74) is 0.913. The number of thioether (sulfide) groups is 1. The van der Waals surface area contributed by atoms with Gasteiger partial charge in [-0.3, -0.25) is 4.79 Å². The fourth-order valence-electron chi connectivity index (χ4n) is 1.84. The average molecular weight is 312 g/mol. The number of carbonyl (C=O) groups is 1. The van der Waals surface area contributed by atoms with E-state index in [0.717, 1.165) is 4.90 Å². The molecule has 4 nitrogen and oxygen atoms in total. The number of carbonyl (C=O) groups excluding carboxylic acids is 1. The number of nitrogens with zero attached hydrogens (tertiary/aromatic N) is 1. The normalized spacial score (nSPS) is 11.3. The number of para-hydroxylation sites is 1. The molecule has 22 heavy (non-hydrogen) atoms. The number of rotatable bonds is 5. The Morgan fingerprint density at radius 1 is 1.23 bits per heavy atom. The van der Waals surface area contributed by atoms with Gasteiger partial charge in [-0.15, -0.1) is 11.8 Å². The van der Waals surface area contributed by atoms with E-state index in [-0.39, 0.29) is 5.91 Å². The van der Waals surface area contributed by atoms with Crippen LogP contribution in [0.25, 0.3) is 0 Å². The first-order valence-corrected chi connectivity index (χ1v) is 7.97. The molecule has 1 amide bonds. The zero-order chi connectivity index (χ0) is 15.9. The third-order valence-corrected chi connectivity index (χ3v) is 3.79. The number of benzene rings is 2. The largest absolute Gasteiger partial charge is 0.481 e. The van der Waals surface area contributed by atoms with Crippen LogP contribution in [0.1, 0.15) is 12.5 Å². The van der Waals surface area contributed by atoms with Crippen molar-refractivity contribution >= 4 is 23.4 Å². The Morgan fingerprint density at radius 3 is 2.55 bits per heavy atom. The SMILES string of the molecule is CSc1ccc(O[C@@H](C)C(=O)Nc2ccccc2C#N)cc1. The molecular formula is C17H16N2O2S. The molecule has 1 N–H and O–H groups in total. The van der Waals surface area contributed by atoms with Gasteiger partial charge in [-0.05, 0) is 49.6 Å². The Kier molecular flexibility index (Phi) is 5.45. The second-order valence-corrected chi connectivity index (χ2v) is 5.46. The van der Waals surface area contributed by atoms with E-state index in [0.29, 0.717) is 17.0 Å². The lowest BCUT2D eigenvalue weighted by molar-refractivity contribution is -0.122. The van der Waals surface area contributed by atoms with Crippen molar-refractivity contribution in [1.29, 1.82) is 5.26 Å². The molecule has 2 rings (SSSR count). The first kappa shape index (κ1) is 15.9. The van der Waals surface area contributed by atoms with Gasteiger partial charge in [-0.2, -0.15) is 5.26 Å². The van der Waals surface area contributed by atoms with Gasteiger partial charge in [0.15, 0.2) is 6.10 Å². The van der Waals surface area contributed by atoms with E-state index in [1.54, 1.807) is 43.0 Å². The number of hydrogen-bond acceptors (Lipinski definition) is 4. The van der Waals surface area contributed by atoms with Gasteiger partial charge in [0.2, 0.25) is 0 Å². The lowest BCUT2D eigenvalue weighted by atomic mass is 10.2. The first-order valence-electron chi connectivity index (χ1n) is 6.74. The molecule has 0 aliphatic heterocycles. The predicted octanol–water partition coefficient (Wildman–Crippen LogP) is 3.69. The Bertz CT molecular complexity index is 693. The van der Waals surface area contributed by atoms with Crippen LogP contribution in [0.15, 0.2) is 53.4 Å². The van der Waals surface area contributed by atoms with Crippen LogP contribution < -0.4 is 10.1 Å². The summed E-state index contributed by atoms with van der Waals surface area (Å²) in [5, 5.41) is 11.7. The van der Waals surface area contributed by atoms with Crippen LogP contribution >= 0.6 is 11.8 Å². The van der Waals surface area contributed by atoms with Crippen LogP contribution in [-0.2, 0) is 4.79 Å². The predicted molar refractivity (Wildman–Crippen MR) is 88.1 cm³/mol. The highest BCUT2D eigenvalue weighted by atomic mass is 32.2. The molecule has 2 aromatic rings. The van der Waals surface area contributed by atoms with Crippen molar-refractivity contribution in [2.75, 3.05) is 11.6 Å². The summed E-state index contributed by atoms with van der Waals surface area (Å²) in [7, 11) is 0. The van der Waals surface area contributed by atoms with Gasteiger partial charge in [0.05, 0.1) is 11.3 Å². The fourth-order valence-corrected chi connectivity index (χ4v) is 2.24. The van der Waals surface area contributed by atoms with E-state index < -0.39 is 6.10 Å². The Hall–Kier alpha value is -2.45. The third kappa shape index (κ3) is 4.03. The number of amides is 1. The van der Waals surface area contributed by atoms with E-state index >= 15 is 0 Å². The maximum Gasteiger partial charge on any atom is 0.265 e. The molecule has 0 heterocycles. The molecule has 0 aliphatic carbocycles. The van der Waals surface area contributed by atoms with E-state index in [9.17, 15) is 4.79 Å². The quantitative estimate of drug-likeness (QED) is 0.855. The van der Waals surface area contributed by atoms with E-state index in [1.807, 2.05) is 36.6 Å². The van der Waals surface area contributed by atoms with Gasteiger partial charge >= 0.3 is 0 Å². The number of anilines is 1. The second kappa shape index (κ2) is 7.53. The summed E-state index contributed by atoms with van der Waals surface area (Å²) in [6.07, 6.45) is 1.34. The molecule has 0 aromatic heterocycles. The van der Waals surface area contributed by atoms with Crippen molar-refractivity contribution in [2.45, 2.75) is 17.9 Å². The van der Waals surface area contributed by atoms with E-state index in [2.05, 4.69) is 5.32 Å². The molecule has 0 radical (unpaired) electrons. The molecule has 0 saturated carbocycles. The summed E-state index contributed by atoms with van der Waals surface area (Å²) in [4.78, 5) is 13.3. The van der Waals surface area contributed by atoms with Crippen molar-refractivity contribution < 1.29 is 9.53 Å². The summed E-state index contributed by atoms with van der Waals surface area (Å²) in [6, 6.07) is 16.5. The van der Waals surface area contributed by atoms with Crippen LogP contribution in [0, 0.1) is 11.3 Å². The zero-order valence-corrected chi connectivity index (χ0v) is 13.2. The highest BCUT2D eigenvalue weighted by molar-refractivity contribution is 7.98. The van der Waals surface area contributed by atoms with Gasteiger partial charge in [-0.1, -0.05) is 12.1 Å². The second-order valence-electron chi connectivity index (χ2n) is 4.58. The number of nitrogens with one attached hydrogen (secondary N) is 1. The van der Waals surface area contributed by atoms with Crippen molar-refractivity contribution in [3.8, 4) is 11.8 Å². The summed E-state index contributed by atoms with van der Waals surface area (Å²) < 4.78 is 5.62. The van der Waals surface area contributed by atoms with Gasteiger partial charge in [0.1, 0.15) is 11.8 Å². The van der Waals surface area contributed by atoms with Crippen LogP contribution in [0.3, 0.4) is 0 Å². The van der Waals surface area contributed by atoms with Crippen molar-refractivity contribution in [1.82, 2.24) is 0 Å². The van der Waals surface area contributed by atoms with Gasteiger partial charge in [-0.25, -0.2) is 0 Å². The Balaban J connectivity index is 2.01. The molecule has 0 bridgehead atoms. The summed E-state index contributed by atoms with van der Waals surface area (Å²) >= 11 is 1.64.